The van der Waals surface area contributed by atoms with Gasteiger partial charge in [0.2, 0.25) is 0 Å². The lowest BCUT2D eigenvalue weighted by Crippen LogP contribution is -2.61. The van der Waals surface area contributed by atoms with Crippen LogP contribution in [0.25, 0.3) is 0 Å². The van der Waals surface area contributed by atoms with Crippen LogP contribution in [-0.2, 0) is 47.5 Å². The van der Waals surface area contributed by atoms with E-state index < -0.39 is 108 Å². The van der Waals surface area contributed by atoms with Gasteiger partial charge < -0.3 is 58.1 Å². The van der Waals surface area contributed by atoms with Crippen molar-refractivity contribution in [3.8, 4) is 0 Å². The summed E-state index contributed by atoms with van der Waals surface area (Å²) in [5.74, 6) is -4.54. The summed E-state index contributed by atoms with van der Waals surface area (Å²) in [6.45, 7) is 16.9. The van der Waals surface area contributed by atoms with E-state index in [9.17, 15) is 29.7 Å². The largest absolute Gasteiger partial charge is 0.509 e. The van der Waals surface area contributed by atoms with Crippen LogP contribution in [-0.4, -0.2) is 144 Å². The first-order chi connectivity index (χ1) is 24.5. The monoisotopic (exact) mass is 759 g/mol. The lowest BCUT2D eigenvalue weighted by atomic mass is 9.74. The van der Waals surface area contributed by atoms with E-state index in [1.165, 1.54) is 7.11 Å². The van der Waals surface area contributed by atoms with Crippen LogP contribution in [0, 0.1) is 23.7 Å². The van der Waals surface area contributed by atoms with Gasteiger partial charge in [-0.05, 0) is 74.9 Å². The lowest BCUT2D eigenvalue weighted by Gasteiger charge is -2.49. The Morgan fingerprint density at radius 2 is 1.55 bits per heavy atom. The summed E-state index contributed by atoms with van der Waals surface area (Å²) in [6.07, 6.45) is -9.81. The first-order valence-electron chi connectivity index (χ1n) is 19.1. The number of rotatable bonds is 7. The third-order valence-electron chi connectivity index (χ3n) is 12.3. The Bertz CT molecular complexity index is 1300. The molecule has 15 nitrogen and oxygen atoms in total. The molecular formula is C38H65NO14. The predicted octanol–water partition coefficient (Wildman–Crippen LogP) is 2.97. The summed E-state index contributed by atoms with van der Waals surface area (Å²) >= 11 is 0. The average Bonchev–Trinajstić information content (AvgIpc) is 3.40. The second kappa shape index (κ2) is 16.6. The van der Waals surface area contributed by atoms with Gasteiger partial charge in [-0.3, -0.25) is 9.59 Å². The van der Waals surface area contributed by atoms with E-state index in [0.29, 0.717) is 6.42 Å². The number of aliphatic hydroxyl groups excluding tert-OH is 2. The van der Waals surface area contributed by atoms with Gasteiger partial charge in [-0.15, -0.1) is 0 Å². The molecule has 4 aliphatic rings. The van der Waals surface area contributed by atoms with Crippen molar-refractivity contribution in [2.45, 2.75) is 179 Å². The van der Waals surface area contributed by atoms with Gasteiger partial charge in [-0.1, -0.05) is 27.7 Å². The summed E-state index contributed by atoms with van der Waals surface area (Å²) in [5, 5.41) is 34.9. The number of hydrogen-bond acceptors (Lipinski definition) is 15. The molecule has 0 aromatic carbocycles. The highest BCUT2D eigenvalue weighted by Crippen LogP contribution is 2.43. The van der Waals surface area contributed by atoms with E-state index in [2.05, 4.69) is 0 Å². The zero-order chi connectivity index (χ0) is 40.0. The molecule has 4 rings (SSSR count). The number of esters is 1. The molecule has 4 heterocycles. The highest BCUT2D eigenvalue weighted by atomic mass is 16.8. The Morgan fingerprint density at radius 1 is 0.906 bits per heavy atom. The van der Waals surface area contributed by atoms with Crippen molar-refractivity contribution < 1.29 is 67.6 Å². The zero-order valence-electron chi connectivity index (χ0n) is 33.8. The number of carbonyl (C=O) groups is 3. The van der Waals surface area contributed by atoms with Crippen LogP contribution in [0.4, 0.5) is 4.79 Å². The molecule has 0 spiro atoms. The number of Topliss-reactive ketones (excluding diaryl/α,β-unsaturated/α-hetero) is 1. The van der Waals surface area contributed by atoms with Gasteiger partial charge in [0, 0.05) is 31.4 Å². The fourth-order valence-electron chi connectivity index (χ4n) is 9.03. The maximum atomic E-state index is 14.3. The number of methoxy groups -OCH3 is 1. The number of cyclic esters (lactones) is 1. The SMILES string of the molecule is CC[C@H]1OC(=O)[C@H](C)[C@@H](O[C@H]2C[C@@](C)(OC)[C@@H](O)[C@H](C)O2)[C@H](C)C(O[C@@H]2O[C@H](C)C[C@H](N(C)C)[C@H]2O)[C@](C)(O)C[C@@H](C)C(=O)[C@H](C)[C@H]2OC(=O)O[C@@]21C. The first kappa shape index (κ1) is 43.8. The smallest absolute Gasteiger partial charge is 0.458 e. The Hall–Kier alpha value is -1.95. The van der Waals surface area contributed by atoms with Crippen LogP contribution in [0.15, 0.2) is 0 Å². The number of hydrogen-bond donors (Lipinski definition) is 3. The molecule has 4 saturated heterocycles. The number of likely N-dealkylation sites (N-methyl/N-ethyl adjacent to an activating group) is 1. The van der Waals surface area contributed by atoms with Crippen molar-refractivity contribution in [3.63, 3.8) is 0 Å². The summed E-state index contributed by atoms with van der Waals surface area (Å²) < 4.78 is 48.7. The van der Waals surface area contributed by atoms with E-state index in [1.807, 2.05) is 25.9 Å². The van der Waals surface area contributed by atoms with Gasteiger partial charge in [0.25, 0.3) is 0 Å². The third kappa shape index (κ3) is 8.88. The lowest BCUT2D eigenvalue weighted by molar-refractivity contribution is -0.318. The zero-order valence-corrected chi connectivity index (χ0v) is 33.8. The maximum absolute atomic E-state index is 14.3. The van der Waals surface area contributed by atoms with Gasteiger partial charge in [0.05, 0.1) is 47.5 Å². The summed E-state index contributed by atoms with van der Waals surface area (Å²) in [4.78, 5) is 43.0. The molecule has 0 amide bonds. The molecule has 4 fully saturated rings. The molecule has 0 aliphatic carbocycles. The number of aliphatic hydroxyl groups is 3. The molecule has 15 heteroatoms. The van der Waals surface area contributed by atoms with E-state index in [0.717, 1.165) is 0 Å². The van der Waals surface area contributed by atoms with Crippen molar-refractivity contribution in [1.29, 1.82) is 0 Å². The standard InChI is InChI=1S/C38H65NO14/c1-14-25-38(10)32(52-35(44)53-38)20(4)27(40)18(2)16-36(8,45)31(51-34-28(41)24(39(11)12)15-19(3)47-34)21(5)29(22(6)33(43)49-25)50-26-17-37(9,46-13)30(42)23(7)48-26/h18-26,28-32,34,41-42,45H,14-17H2,1-13H3/t18-,19-,20+,21+,22-,23+,24+,25-,26+,28-,29+,30+,31?,32-,34+,36-,37-,38-/m1/s1. The highest BCUT2D eigenvalue weighted by Gasteiger charge is 2.59. The maximum Gasteiger partial charge on any atom is 0.509 e. The fraction of sp³-hybridized carbons (Fsp3) is 0.921. The van der Waals surface area contributed by atoms with E-state index in [1.54, 1.807) is 62.3 Å². The number of carbonyl (C=O) groups excluding carboxylic acids is 3. The normalized spacial score (nSPS) is 49.1. The highest BCUT2D eigenvalue weighted by molar-refractivity contribution is 5.84. The topological polar surface area (TPSA) is 189 Å². The molecule has 1 unspecified atom stereocenters. The Balaban J connectivity index is 1.84. The van der Waals surface area contributed by atoms with Crippen molar-refractivity contribution in [3.05, 3.63) is 0 Å². The number of fused-ring (bicyclic) bond motifs is 1. The second-order valence-electron chi connectivity index (χ2n) is 16.9. The number of ketones is 1. The minimum absolute atomic E-state index is 0.0996. The van der Waals surface area contributed by atoms with Crippen molar-refractivity contribution in [2.75, 3.05) is 21.2 Å². The minimum atomic E-state index is -1.78. The molecule has 0 bridgehead atoms. The fourth-order valence-corrected chi connectivity index (χ4v) is 9.03. The molecule has 0 aromatic rings. The van der Waals surface area contributed by atoms with Crippen LogP contribution in [0.3, 0.4) is 0 Å². The molecule has 3 N–H and O–H groups in total. The molecule has 306 valence electrons. The Morgan fingerprint density at radius 3 is 2.13 bits per heavy atom. The van der Waals surface area contributed by atoms with Crippen molar-refractivity contribution in [2.24, 2.45) is 23.7 Å². The molecule has 4 aliphatic heterocycles. The first-order valence-corrected chi connectivity index (χ1v) is 19.1. The van der Waals surface area contributed by atoms with Crippen LogP contribution in [0.1, 0.15) is 94.9 Å². The molecule has 53 heavy (non-hydrogen) atoms. The van der Waals surface area contributed by atoms with Gasteiger partial charge in [-0.25, -0.2) is 4.79 Å². The van der Waals surface area contributed by atoms with Gasteiger partial charge >= 0.3 is 12.1 Å². The summed E-state index contributed by atoms with van der Waals surface area (Å²) in [6, 6.07) is -0.322. The number of ether oxygens (including phenoxy) is 8. The van der Waals surface area contributed by atoms with Crippen LogP contribution < -0.4 is 0 Å². The third-order valence-corrected chi connectivity index (χ3v) is 12.3. The summed E-state index contributed by atoms with van der Waals surface area (Å²) in [5.41, 5.74) is -4.33. The van der Waals surface area contributed by atoms with Crippen LogP contribution in [0.2, 0.25) is 0 Å². The van der Waals surface area contributed by atoms with E-state index in [-0.39, 0.29) is 37.2 Å². The van der Waals surface area contributed by atoms with Gasteiger partial charge in [0.1, 0.15) is 24.1 Å². The molecule has 0 saturated carbocycles. The van der Waals surface area contributed by atoms with Crippen LogP contribution >= 0.6 is 0 Å². The Labute approximate surface area is 314 Å². The summed E-state index contributed by atoms with van der Waals surface area (Å²) in [7, 11) is 5.20. The predicted molar refractivity (Wildman–Crippen MR) is 189 cm³/mol. The molecule has 18 atom stereocenters. The molecule has 0 aromatic heterocycles. The molecular weight excluding hydrogens is 694 g/mol. The van der Waals surface area contributed by atoms with Crippen molar-refractivity contribution in [1.82, 2.24) is 4.90 Å². The van der Waals surface area contributed by atoms with E-state index in [4.69, 9.17) is 37.9 Å². The number of nitrogens with zero attached hydrogens (tertiary/aromatic N) is 1. The minimum Gasteiger partial charge on any atom is -0.458 e. The molecule has 0 radical (unpaired) electrons. The average molecular weight is 760 g/mol. The van der Waals surface area contributed by atoms with Gasteiger partial charge in [-0.2, -0.15) is 0 Å². The van der Waals surface area contributed by atoms with Gasteiger partial charge in [0.15, 0.2) is 24.3 Å². The van der Waals surface area contributed by atoms with Crippen molar-refractivity contribution >= 4 is 17.9 Å². The van der Waals surface area contributed by atoms with E-state index >= 15 is 0 Å². The Kier molecular flexibility index (Phi) is 13.7. The second-order valence-corrected chi connectivity index (χ2v) is 16.9. The van der Waals surface area contributed by atoms with Crippen LogP contribution in [0.5, 0.6) is 0 Å². The quantitative estimate of drug-likeness (QED) is 0.321.